The van der Waals surface area contributed by atoms with E-state index in [0.717, 1.165) is 30.8 Å². The van der Waals surface area contributed by atoms with Gasteiger partial charge in [-0.25, -0.2) is 0 Å². The minimum Gasteiger partial charge on any atom is -0.485 e. The van der Waals surface area contributed by atoms with E-state index in [4.69, 9.17) is 9.26 Å². The molecule has 0 radical (unpaired) electrons. The van der Waals surface area contributed by atoms with E-state index in [1.807, 2.05) is 24.3 Å². The second-order valence-corrected chi connectivity index (χ2v) is 8.23. The van der Waals surface area contributed by atoms with Gasteiger partial charge in [0.2, 0.25) is 17.6 Å². The Hall–Kier alpha value is -2.12. The summed E-state index contributed by atoms with van der Waals surface area (Å²) in [7, 11) is 0. The van der Waals surface area contributed by atoms with Gasteiger partial charge in [-0.05, 0) is 62.3 Å². The molecule has 3 aliphatic rings. The van der Waals surface area contributed by atoms with Gasteiger partial charge in [-0.1, -0.05) is 18.0 Å². The predicted molar refractivity (Wildman–Crippen MR) is 110 cm³/mol. The van der Waals surface area contributed by atoms with Crippen molar-refractivity contribution in [3.05, 3.63) is 36.0 Å². The van der Waals surface area contributed by atoms with Gasteiger partial charge in [0.05, 0.1) is 6.04 Å². The van der Waals surface area contributed by atoms with Gasteiger partial charge in [-0.3, -0.25) is 4.79 Å². The molecule has 1 aromatic heterocycles. The molecule has 7 nitrogen and oxygen atoms in total. The summed E-state index contributed by atoms with van der Waals surface area (Å²) >= 11 is 0. The fourth-order valence-electron chi connectivity index (χ4n) is 4.36. The number of benzene rings is 1. The zero-order valence-corrected chi connectivity index (χ0v) is 17.1. The number of halogens is 1. The Morgan fingerprint density at radius 2 is 1.97 bits per heavy atom. The molecular formula is C21H27ClN4O3. The Kier molecular flexibility index (Phi) is 6.06. The SMILES string of the molecule is Cl.O=C(Nc1ccc(OCc2noc(C3CC3)n2)cc1)C1CC2CCCCC2N1. The molecule has 0 spiro atoms. The van der Waals surface area contributed by atoms with E-state index >= 15 is 0 Å². The van der Waals surface area contributed by atoms with E-state index < -0.39 is 0 Å². The monoisotopic (exact) mass is 418 g/mol. The van der Waals surface area contributed by atoms with Gasteiger partial charge in [-0.2, -0.15) is 4.98 Å². The summed E-state index contributed by atoms with van der Waals surface area (Å²) in [5.74, 6) is 3.15. The molecule has 1 aromatic carbocycles. The fraction of sp³-hybridized carbons (Fsp3) is 0.571. The van der Waals surface area contributed by atoms with Crippen LogP contribution >= 0.6 is 12.4 Å². The van der Waals surface area contributed by atoms with E-state index in [1.165, 1.54) is 25.7 Å². The molecule has 2 saturated carbocycles. The van der Waals surface area contributed by atoms with Crippen LogP contribution < -0.4 is 15.4 Å². The average Bonchev–Trinajstić information content (AvgIpc) is 3.30. The van der Waals surface area contributed by atoms with Crippen molar-refractivity contribution in [3.63, 3.8) is 0 Å². The Bertz CT molecular complexity index is 823. The lowest BCUT2D eigenvalue weighted by molar-refractivity contribution is -0.117. The molecule has 3 atom stereocenters. The van der Waals surface area contributed by atoms with Gasteiger partial charge in [0.15, 0.2) is 6.61 Å². The second-order valence-electron chi connectivity index (χ2n) is 8.23. The summed E-state index contributed by atoms with van der Waals surface area (Å²) in [6.45, 7) is 0.275. The van der Waals surface area contributed by atoms with Crippen LogP contribution in [0.5, 0.6) is 5.75 Å². The minimum absolute atomic E-state index is 0. The summed E-state index contributed by atoms with van der Waals surface area (Å²) in [4.78, 5) is 16.9. The van der Waals surface area contributed by atoms with Gasteiger partial charge < -0.3 is 19.9 Å². The number of carbonyl (C=O) groups is 1. The smallest absolute Gasteiger partial charge is 0.241 e. The van der Waals surface area contributed by atoms with Gasteiger partial charge in [0.1, 0.15) is 5.75 Å². The van der Waals surface area contributed by atoms with E-state index in [0.29, 0.717) is 29.5 Å². The lowest BCUT2D eigenvalue weighted by atomic mass is 9.85. The Morgan fingerprint density at radius 3 is 2.72 bits per heavy atom. The van der Waals surface area contributed by atoms with E-state index in [2.05, 4.69) is 20.8 Å². The highest BCUT2D eigenvalue weighted by Gasteiger charge is 2.38. The molecule has 8 heteroatoms. The molecule has 1 amide bonds. The van der Waals surface area contributed by atoms with Crippen molar-refractivity contribution in [1.29, 1.82) is 0 Å². The van der Waals surface area contributed by atoms with Crippen molar-refractivity contribution in [1.82, 2.24) is 15.5 Å². The first-order valence-electron chi connectivity index (χ1n) is 10.4. The third-order valence-electron chi connectivity index (χ3n) is 6.08. The molecule has 29 heavy (non-hydrogen) atoms. The maximum atomic E-state index is 12.6. The standard InChI is InChI=1S/C21H26N4O3.ClH/c26-20(18-11-14-3-1-2-4-17(14)23-18)22-15-7-9-16(10-8-15)27-12-19-24-21(28-25-19)13-5-6-13;/h7-10,13-14,17-18,23H,1-6,11-12H2,(H,22,26);1H. The molecular weight excluding hydrogens is 392 g/mol. The Balaban J connectivity index is 0.00000205. The number of amides is 1. The fourth-order valence-corrected chi connectivity index (χ4v) is 4.36. The van der Waals surface area contributed by atoms with Crippen LogP contribution in [0.4, 0.5) is 5.69 Å². The lowest BCUT2D eigenvalue weighted by Crippen LogP contribution is -2.39. The molecule has 156 valence electrons. The number of carbonyl (C=O) groups excluding carboxylic acids is 1. The van der Waals surface area contributed by atoms with Crippen molar-refractivity contribution in [2.75, 3.05) is 5.32 Å². The number of rotatable bonds is 6. The number of ether oxygens (including phenoxy) is 1. The third kappa shape index (κ3) is 4.73. The molecule has 0 bridgehead atoms. The third-order valence-corrected chi connectivity index (χ3v) is 6.08. The second kappa shape index (κ2) is 8.71. The topological polar surface area (TPSA) is 89.3 Å². The maximum Gasteiger partial charge on any atom is 0.241 e. The number of fused-ring (bicyclic) bond motifs is 1. The normalized spacial score (nSPS) is 25.7. The number of nitrogens with one attached hydrogen (secondary N) is 2. The molecule has 1 saturated heterocycles. The summed E-state index contributed by atoms with van der Waals surface area (Å²) in [6, 6.07) is 7.86. The molecule has 3 fully saturated rings. The first kappa shape index (κ1) is 20.2. The van der Waals surface area contributed by atoms with Crippen LogP contribution in [0.1, 0.15) is 62.6 Å². The van der Waals surface area contributed by atoms with Gasteiger partial charge >= 0.3 is 0 Å². The predicted octanol–water partition coefficient (Wildman–Crippen LogP) is 3.81. The number of hydrogen-bond acceptors (Lipinski definition) is 6. The first-order valence-corrected chi connectivity index (χ1v) is 10.4. The highest BCUT2D eigenvalue weighted by molar-refractivity contribution is 5.95. The van der Waals surface area contributed by atoms with Gasteiger partial charge in [0.25, 0.3) is 0 Å². The van der Waals surface area contributed by atoms with E-state index in [-0.39, 0.29) is 31.0 Å². The molecule has 3 unspecified atom stereocenters. The Labute approximate surface area is 176 Å². The van der Waals surface area contributed by atoms with Crippen LogP contribution in [0, 0.1) is 5.92 Å². The summed E-state index contributed by atoms with van der Waals surface area (Å²) in [6.07, 6.45) is 8.23. The summed E-state index contributed by atoms with van der Waals surface area (Å²) in [5, 5.41) is 10.5. The molecule has 2 heterocycles. The van der Waals surface area contributed by atoms with Crippen molar-refractivity contribution in [3.8, 4) is 5.75 Å². The number of nitrogens with zero attached hydrogens (tertiary/aromatic N) is 2. The highest BCUT2D eigenvalue weighted by Crippen LogP contribution is 2.38. The lowest BCUT2D eigenvalue weighted by Gasteiger charge is -2.24. The first-order chi connectivity index (χ1) is 13.7. The molecule has 5 rings (SSSR count). The zero-order valence-electron chi connectivity index (χ0n) is 16.3. The van der Waals surface area contributed by atoms with Gasteiger partial charge in [0, 0.05) is 17.6 Å². The van der Waals surface area contributed by atoms with Crippen LogP contribution in [0.3, 0.4) is 0 Å². The van der Waals surface area contributed by atoms with Crippen LogP contribution in [0.2, 0.25) is 0 Å². The van der Waals surface area contributed by atoms with Crippen LogP contribution in [0.25, 0.3) is 0 Å². The minimum atomic E-state index is -0.0806. The molecule has 2 aromatic rings. The molecule has 2 aliphatic carbocycles. The molecule has 1 aliphatic heterocycles. The average molecular weight is 419 g/mol. The highest BCUT2D eigenvalue weighted by atomic mass is 35.5. The van der Waals surface area contributed by atoms with Crippen LogP contribution in [-0.4, -0.2) is 28.1 Å². The maximum absolute atomic E-state index is 12.6. The van der Waals surface area contributed by atoms with Crippen molar-refractivity contribution >= 4 is 24.0 Å². The number of aromatic nitrogens is 2. The molecule has 2 N–H and O–H groups in total. The summed E-state index contributed by atoms with van der Waals surface area (Å²) < 4.78 is 10.9. The van der Waals surface area contributed by atoms with Crippen molar-refractivity contribution < 1.29 is 14.1 Å². The van der Waals surface area contributed by atoms with Gasteiger partial charge in [-0.15, -0.1) is 12.4 Å². The largest absolute Gasteiger partial charge is 0.485 e. The Morgan fingerprint density at radius 1 is 1.17 bits per heavy atom. The summed E-state index contributed by atoms with van der Waals surface area (Å²) in [5.41, 5.74) is 0.782. The van der Waals surface area contributed by atoms with Crippen LogP contribution in [-0.2, 0) is 11.4 Å². The van der Waals surface area contributed by atoms with Crippen LogP contribution in [0.15, 0.2) is 28.8 Å². The number of hydrogen-bond donors (Lipinski definition) is 2. The van der Waals surface area contributed by atoms with E-state index in [1.54, 1.807) is 0 Å². The number of anilines is 1. The quantitative estimate of drug-likeness (QED) is 0.741. The van der Waals surface area contributed by atoms with E-state index in [9.17, 15) is 4.79 Å². The van der Waals surface area contributed by atoms with Crippen molar-refractivity contribution in [2.45, 2.75) is 69.6 Å². The van der Waals surface area contributed by atoms with Crippen molar-refractivity contribution in [2.24, 2.45) is 5.92 Å². The zero-order chi connectivity index (χ0) is 18.9.